The van der Waals surface area contributed by atoms with Crippen LogP contribution in [-0.4, -0.2) is 29.5 Å². The zero-order valence-corrected chi connectivity index (χ0v) is 12.6. The van der Waals surface area contributed by atoms with Crippen molar-refractivity contribution in [2.24, 2.45) is 0 Å². The van der Waals surface area contributed by atoms with E-state index < -0.39 is 0 Å². The molecule has 3 N–H and O–H groups in total. The molecule has 1 amide bonds. The molecule has 1 heterocycles. The molecule has 0 aliphatic heterocycles. The summed E-state index contributed by atoms with van der Waals surface area (Å²) in [6.45, 7) is 7.94. The molecule has 19 heavy (non-hydrogen) atoms. The molecule has 0 saturated heterocycles. The zero-order chi connectivity index (χ0) is 14.0. The molecule has 0 atom stereocenters. The van der Waals surface area contributed by atoms with E-state index in [9.17, 15) is 4.79 Å². The highest BCUT2D eigenvalue weighted by Gasteiger charge is 2.34. The first-order chi connectivity index (χ1) is 8.99. The number of hydrogen-bond acceptors (Lipinski definition) is 5. The highest BCUT2D eigenvalue weighted by molar-refractivity contribution is 7.18. The summed E-state index contributed by atoms with van der Waals surface area (Å²) in [5, 5.41) is 3.90. The first-order valence-electron chi connectivity index (χ1n) is 6.83. The van der Waals surface area contributed by atoms with Crippen LogP contribution >= 0.6 is 11.3 Å². The van der Waals surface area contributed by atoms with Gasteiger partial charge in [0.15, 0.2) is 5.13 Å². The summed E-state index contributed by atoms with van der Waals surface area (Å²) >= 11 is 1.38. The monoisotopic (exact) mass is 282 g/mol. The summed E-state index contributed by atoms with van der Waals surface area (Å²) in [4.78, 5) is 19.2. The average Bonchev–Trinajstić information content (AvgIpc) is 2.71. The Labute approximate surface area is 118 Å². The van der Waals surface area contributed by atoms with E-state index in [0.29, 0.717) is 10.7 Å². The van der Waals surface area contributed by atoms with Gasteiger partial charge in [0, 0.05) is 18.6 Å². The van der Waals surface area contributed by atoms with Crippen LogP contribution in [0.5, 0.6) is 0 Å². The number of nitrogen functional groups attached to an aromatic ring is 1. The molecule has 1 saturated carbocycles. The Balaban J connectivity index is 2.13. The SMILES string of the molecule is CCN(CC)c1nc(N)c(C(=O)NC2(C)CCC2)s1. The summed E-state index contributed by atoms with van der Waals surface area (Å²) in [5.74, 6) is 0.253. The summed E-state index contributed by atoms with van der Waals surface area (Å²) in [6.07, 6.45) is 3.26. The van der Waals surface area contributed by atoms with Crippen molar-refractivity contribution < 1.29 is 4.79 Å². The Morgan fingerprint density at radius 1 is 1.47 bits per heavy atom. The molecule has 0 spiro atoms. The quantitative estimate of drug-likeness (QED) is 0.869. The molecule has 1 aromatic rings. The van der Waals surface area contributed by atoms with Gasteiger partial charge in [0.05, 0.1) is 0 Å². The van der Waals surface area contributed by atoms with Crippen LogP contribution in [0.2, 0.25) is 0 Å². The molecular weight excluding hydrogens is 260 g/mol. The summed E-state index contributed by atoms with van der Waals surface area (Å²) < 4.78 is 0. The van der Waals surface area contributed by atoms with E-state index >= 15 is 0 Å². The second-order valence-electron chi connectivity index (χ2n) is 5.25. The van der Waals surface area contributed by atoms with Crippen molar-refractivity contribution in [2.75, 3.05) is 23.7 Å². The minimum Gasteiger partial charge on any atom is -0.382 e. The minimum absolute atomic E-state index is 0.0527. The van der Waals surface area contributed by atoms with Crippen molar-refractivity contribution >= 4 is 28.2 Å². The Kier molecular flexibility index (Phi) is 3.99. The molecule has 1 aliphatic carbocycles. The number of aromatic nitrogens is 1. The topological polar surface area (TPSA) is 71.2 Å². The first kappa shape index (κ1) is 14.1. The van der Waals surface area contributed by atoms with Crippen molar-refractivity contribution in [3.8, 4) is 0 Å². The molecule has 5 nitrogen and oxygen atoms in total. The molecule has 1 aromatic heterocycles. The third kappa shape index (κ3) is 2.83. The van der Waals surface area contributed by atoms with Crippen LogP contribution in [0, 0.1) is 0 Å². The Hall–Kier alpha value is -1.30. The van der Waals surface area contributed by atoms with Crippen LogP contribution in [0.3, 0.4) is 0 Å². The lowest BCUT2D eigenvalue weighted by atomic mass is 9.78. The molecule has 2 rings (SSSR count). The molecule has 1 fully saturated rings. The van der Waals surface area contributed by atoms with E-state index in [1.807, 2.05) is 0 Å². The Morgan fingerprint density at radius 3 is 2.58 bits per heavy atom. The second kappa shape index (κ2) is 5.36. The molecular formula is C13H22N4OS. The maximum Gasteiger partial charge on any atom is 0.265 e. The van der Waals surface area contributed by atoms with Crippen molar-refractivity contribution in [2.45, 2.75) is 45.6 Å². The van der Waals surface area contributed by atoms with E-state index in [1.54, 1.807) is 0 Å². The smallest absolute Gasteiger partial charge is 0.265 e. The van der Waals surface area contributed by atoms with Gasteiger partial charge in [-0.25, -0.2) is 4.98 Å². The van der Waals surface area contributed by atoms with Crippen LogP contribution in [0.15, 0.2) is 0 Å². The number of rotatable bonds is 5. The van der Waals surface area contributed by atoms with Crippen molar-refractivity contribution in [3.05, 3.63) is 4.88 Å². The third-order valence-electron chi connectivity index (χ3n) is 3.75. The predicted molar refractivity (Wildman–Crippen MR) is 79.8 cm³/mol. The zero-order valence-electron chi connectivity index (χ0n) is 11.8. The van der Waals surface area contributed by atoms with Gasteiger partial charge in [0.2, 0.25) is 0 Å². The molecule has 0 unspecified atom stereocenters. The lowest BCUT2D eigenvalue weighted by molar-refractivity contribution is 0.0855. The van der Waals surface area contributed by atoms with Gasteiger partial charge >= 0.3 is 0 Å². The number of nitrogens with zero attached hydrogens (tertiary/aromatic N) is 2. The lowest BCUT2D eigenvalue weighted by Crippen LogP contribution is -2.50. The standard InChI is InChI=1S/C13H22N4OS/c1-4-17(5-2)12-15-10(14)9(19-12)11(18)16-13(3)7-6-8-13/h4-8,14H2,1-3H3,(H,16,18). The molecule has 1 aliphatic rings. The number of hydrogen-bond donors (Lipinski definition) is 2. The van der Waals surface area contributed by atoms with Crippen LogP contribution in [0.4, 0.5) is 10.9 Å². The van der Waals surface area contributed by atoms with Crippen LogP contribution in [0.1, 0.15) is 49.7 Å². The number of nitrogens with one attached hydrogen (secondary N) is 1. The van der Waals surface area contributed by atoms with E-state index in [-0.39, 0.29) is 11.4 Å². The average molecular weight is 282 g/mol. The van der Waals surface area contributed by atoms with Crippen molar-refractivity contribution in [1.82, 2.24) is 10.3 Å². The number of carbonyl (C=O) groups is 1. The van der Waals surface area contributed by atoms with Gasteiger partial charge in [-0.2, -0.15) is 0 Å². The lowest BCUT2D eigenvalue weighted by Gasteiger charge is -2.38. The van der Waals surface area contributed by atoms with Gasteiger partial charge in [-0.3, -0.25) is 4.79 Å². The normalized spacial score (nSPS) is 16.8. The molecule has 6 heteroatoms. The fourth-order valence-corrected chi connectivity index (χ4v) is 3.28. The second-order valence-corrected chi connectivity index (χ2v) is 6.23. The number of anilines is 2. The fraction of sp³-hybridized carbons (Fsp3) is 0.692. The summed E-state index contributed by atoms with van der Waals surface area (Å²) in [7, 11) is 0. The number of amides is 1. The summed E-state index contributed by atoms with van der Waals surface area (Å²) in [6, 6.07) is 0. The van der Waals surface area contributed by atoms with E-state index in [1.165, 1.54) is 17.8 Å². The highest BCUT2D eigenvalue weighted by Crippen LogP contribution is 2.33. The number of nitrogens with two attached hydrogens (primary N) is 1. The van der Waals surface area contributed by atoms with Crippen molar-refractivity contribution in [3.63, 3.8) is 0 Å². The fourth-order valence-electron chi connectivity index (χ4n) is 2.28. The molecule has 0 bridgehead atoms. The van der Waals surface area contributed by atoms with Gasteiger partial charge < -0.3 is 16.0 Å². The maximum atomic E-state index is 12.2. The van der Waals surface area contributed by atoms with Gasteiger partial charge in [-0.15, -0.1) is 0 Å². The third-order valence-corrected chi connectivity index (χ3v) is 4.89. The van der Waals surface area contributed by atoms with E-state index in [2.05, 4.69) is 36.0 Å². The number of carbonyl (C=O) groups excluding carboxylic acids is 1. The van der Waals surface area contributed by atoms with E-state index in [0.717, 1.165) is 31.1 Å². The first-order valence-corrected chi connectivity index (χ1v) is 7.64. The van der Waals surface area contributed by atoms with Gasteiger partial charge in [-0.05, 0) is 40.0 Å². The van der Waals surface area contributed by atoms with Gasteiger partial charge in [-0.1, -0.05) is 11.3 Å². The highest BCUT2D eigenvalue weighted by atomic mass is 32.1. The van der Waals surface area contributed by atoms with Crippen LogP contribution in [-0.2, 0) is 0 Å². The molecule has 0 aromatic carbocycles. The van der Waals surface area contributed by atoms with Crippen LogP contribution < -0.4 is 16.0 Å². The minimum atomic E-state index is -0.0874. The van der Waals surface area contributed by atoms with Gasteiger partial charge in [0.1, 0.15) is 10.7 Å². The number of thiazole rings is 1. The van der Waals surface area contributed by atoms with Crippen LogP contribution in [0.25, 0.3) is 0 Å². The Bertz CT molecular complexity index is 463. The molecule has 0 radical (unpaired) electrons. The maximum absolute atomic E-state index is 12.2. The Morgan fingerprint density at radius 2 is 2.11 bits per heavy atom. The van der Waals surface area contributed by atoms with E-state index in [4.69, 9.17) is 5.73 Å². The molecule has 106 valence electrons. The predicted octanol–water partition coefficient (Wildman–Crippen LogP) is 2.24. The van der Waals surface area contributed by atoms with Crippen molar-refractivity contribution in [1.29, 1.82) is 0 Å². The van der Waals surface area contributed by atoms with Gasteiger partial charge in [0.25, 0.3) is 5.91 Å². The summed E-state index contributed by atoms with van der Waals surface area (Å²) in [5.41, 5.74) is 5.83. The largest absolute Gasteiger partial charge is 0.382 e.